The number of allylic oxidation sites excluding steroid dienone is 2. The number of carbonyl (C=O) groups excluding carboxylic acids is 2. The summed E-state index contributed by atoms with van der Waals surface area (Å²) in [6.07, 6.45) is 1.05. The zero-order chi connectivity index (χ0) is 23.7. The van der Waals surface area contributed by atoms with E-state index >= 15 is 0 Å². The maximum Gasteiger partial charge on any atom is 0.225 e. The SMILES string of the molecule is COc1ccc(C2CC(=O)NC3=C2C(=O)CC(c2ccc(OC(C)C)c(OC)c2)C3)cc1O. The van der Waals surface area contributed by atoms with Gasteiger partial charge >= 0.3 is 0 Å². The fraction of sp³-hybridized carbons (Fsp3) is 0.385. The molecule has 0 saturated carbocycles. The third-order valence-electron chi connectivity index (χ3n) is 6.16. The van der Waals surface area contributed by atoms with Crippen molar-refractivity contribution in [2.45, 2.75) is 51.0 Å². The molecule has 1 amide bonds. The van der Waals surface area contributed by atoms with Gasteiger partial charge in [0.2, 0.25) is 5.91 Å². The smallest absolute Gasteiger partial charge is 0.225 e. The van der Waals surface area contributed by atoms with Gasteiger partial charge in [0, 0.05) is 30.0 Å². The van der Waals surface area contributed by atoms with Crippen molar-refractivity contribution in [3.63, 3.8) is 0 Å². The second-order valence-corrected chi connectivity index (χ2v) is 8.73. The number of hydrogen-bond donors (Lipinski definition) is 2. The summed E-state index contributed by atoms with van der Waals surface area (Å²) in [5.41, 5.74) is 2.97. The van der Waals surface area contributed by atoms with Gasteiger partial charge < -0.3 is 24.6 Å². The number of amides is 1. The van der Waals surface area contributed by atoms with Crippen LogP contribution in [0.1, 0.15) is 56.1 Å². The molecule has 1 aliphatic heterocycles. The second-order valence-electron chi connectivity index (χ2n) is 8.73. The fourth-order valence-corrected chi connectivity index (χ4v) is 4.69. The van der Waals surface area contributed by atoms with E-state index in [2.05, 4.69) is 5.32 Å². The van der Waals surface area contributed by atoms with Crippen LogP contribution in [0.25, 0.3) is 0 Å². The highest BCUT2D eigenvalue weighted by Gasteiger charge is 2.38. The Morgan fingerprint density at radius 3 is 2.27 bits per heavy atom. The van der Waals surface area contributed by atoms with Gasteiger partial charge in [-0.25, -0.2) is 0 Å². The number of phenolic OH excluding ortho intramolecular Hbond substituents is 1. The van der Waals surface area contributed by atoms with E-state index in [4.69, 9.17) is 14.2 Å². The Labute approximate surface area is 193 Å². The summed E-state index contributed by atoms with van der Waals surface area (Å²) < 4.78 is 16.4. The van der Waals surface area contributed by atoms with E-state index in [-0.39, 0.29) is 35.9 Å². The van der Waals surface area contributed by atoms with Gasteiger partial charge in [0.25, 0.3) is 0 Å². The lowest BCUT2D eigenvalue weighted by Gasteiger charge is -2.34. The molecule has 1 heterocycles. The standard InChI is InChI=1S/C26H29NO6/c1-14(2)33-23-8-5-15(12-24(23)32-4)17-9-19-26(21(29)11-17)18(13-25(30)27-19)16-6-7-22(31-3)20(28)10-16/h5-8,10,12,14,17-18,28H,9,11,13H2,1-4H3,(H,27,30). The first kappa shape index (κ1) is 22.7. The third-order valence-corrected chi connectivity index (χ3v) is 6.16. The molecule has 2 aromatic carbocycles. The molecule has 2 unspecified atom stereocenters. The van der Waals surface area contributed by atoms with Crippen LogP contribution in [-0.4, -0.2) is 37.1 Å². The Morgan fingerprint density at radius 2 is 1.61 bits per heavy atom. The highest BCUT2D eigenvalue weighted by molar-refractivity contribution is 6.02. The molecule has 0 aromatic heterocycles. The number of phenols is 1. The highest BCUT2D eigenvalue weighted by Crippen LogP contribution is 2.45. The van der Waals surface area contributed by atoms with E-state index < -0.39 is 5.92 Å². The second kappa shape index (κ2) is 9.17. The first-order valence-corrected chi connectivity index (χ1v) is 11.1. The summed E-state index contributed by atoms with van der Waals surface area (Å²) in [7, 11) is 3.07. The number of carbonyl (C=O) groups is 2. The Balaban J connectivity index is 1.66. The summed E-state index contributed by atoms with van der Waals surface area (Å²) >= 11 is 0. The van der Waals surface area contributed by atoms with Crippen LogP contribution in [0.15, 0.2) is 47.7 Å². The summed E-state index contributed by atoms with van der Waals surface area (Å²) in [6.45, 7) is 3.90. The molecule has 0 fully saturated rings. The minimum Gasteiger partial charge on any atom is -0.504 e. The van der Waals surface area contributed by atoms with Crippen molar-refractivity contribution >= 4 is 11.7 Å². The average Bonchev–Trinajstić information content (AvgIpc) is 2.78. The predicted molar refractivity (Wildman–Crippen MR) is 123 cm³/mol. The lowest BCUT2D eigenvalue weighted by molar-refractivity contribution is -0.122. The van der Waals surface area contributed by atoms with Crippen molar-refractivity contribution in [1.29, 1.82) is 0 Å². The maximum absolute atomic E-state index is 13.3. The molecule has 7 nitrogen and oxygen atoms in total. The van der Waals surface area contributed by atoms with Gasteiger partial charge in [0.05, 0.1) is 20.3 Å². The number of benzene rings is 2. The van der Waals surface area contributed by atoms with Crippen LogP contribution < -0.4 is 19.5 Å². The van der Waals surface area contributed by atoms with Crippen molar-refractivity contribution < 1.29 is 28.9 Å². The zero-order valence-corrected chi connectivity index (χ0v) is 19.3. The van der Waals surface area contributed by atoms with Crippen LogP contribution in [0.5, 0.6) is 23.0 Å². The quantitative estimate of drug-likeness (QED) is 0.684. The number of rotatable bonds is 6. The van der Waals surface area contributed by atoms with Crippen molar-refractivity contribution in [2.75, 3.05) is 14.2 Å². The first-order valence-electron chi connectivity index (χ1n) is 11.1. The van der Waals surface area contributed by atoms with Gasteiger partial charge in [0.1, 0.15) is 0 Å². The van der Waals surface area contributed by atoms with Gasteiger partial charge in [-0.1, -0.05) is 12.1 Å². The number of ketones is 1. The molecule has 0 spiro atoms. The molecule has 0 saturated heterocycles. The van der Waals surface area contributed by atoms with Crippen LogP contribution in [0.2, 0.25) is 0 Å². The lowest BCUT2D eigenvalue weighted by Crippen LogP contribution is -2.38. The molecule has 0 radical (unpaired) electrons. The maximum atomic E-state index is 13.3. The van der Waals surface area contributed by atoms with Crippen LogP contribution in [0.3, 0.4) is 0 Å². The summed E-state index contributed by atoms with van der Waals surface area (Å²) in [4.78, 5) is 25.9. The van der Waals surface area contributed by atoms with Gasteiger partial charge in [-0.2, -0.15) is 0 Å². The Kier molecular flexibility index (Phi) is 6.31. The lowest BCUT2D eigenvalue weighted by atomic mass is 9.73. The molecule has 0 bridgehead atoms. The predicted octanol–water partition coefficient (Wildman–Crippen LogP) is 4.20. The van der Waals surface area contributed by atoms with Crippen LogP contribution in [-0.2, 0) is 9.59 Å². The Bertz CT molecular complexity index is 1120. The molecule has 7 heteroatoms. The molecule has 2 N–H and O–H groups in total. The van der Waals surface area contributed by atoms with Gasteiger partial charge in [-0.15, -0.1) is 0 Å². The monoisotopic (exact) mass is 451 g/mol. The average molecular weight is 452 g/mol. The van der Waals surface area contributed by atoms with E-state index in [0.29, 0.717) is 41.4 Å². The first-order chi connectivity index (χ1) is 15.8. The van der Waals surface area contributed by atoms with E-state index in [9.17, 15) is 14.7 Å². The number of aromatic hydroxyl groups is 1. The largest absolute Gasteiger partial charge is 0.504 e. The minimum absolute atomic E-state index is 0.00281. The van der Waals surface area contributed by atoms with Crippen molar-refractivity contribution in [3.05, 3.63) is 58.8 Å². The van der Waals surface area contributed by atoms with Crippen molar-refractivity contribution in [1.82, 2.24) is 5.32 Å². The summed E-state index contributed by atoms with van der Waals surface area (Å²) in [5, 5.41) is 13.1. The molecular formula is C26H29NO6. The molecule has 2 aromatic rings. The third kappa shape index (κ3) is 4.53. The molecule has 2 atom stereocenters. The zero-order valence-electron chi connectivity index (χ0n) is 19.3. The van der Waals surface area contributed by atoms with Gasteiger partial charge in [-0.05, 0) is 61.6 Å². The summed E-state index contributed by atoms with van der Waals surface area (Å²) in [5.74, 6) is 0.999. The molecule has 4 rings (SSSR count). The Morgan fingerprint density at radius 1 is 0.909 bits per heavy atom. The van der Waals surface area contributed by atoms with Gasteiger partial charge in [0.15, 0.2) is 28.8 Å². The normalized spacial score (nSPS) is 20.4. The summed E-state index contributed by atoms with van der Waals surface area (Å²) in [6, 6.07) is 10.7. The van der Waals surface area contributed by atoms with Crippen LogP contribution in [0, 0.1) is 0 Å². The van der Waals surface area contributed by atoms with E-state index in [0.717, 1.165) is 11.1 Å². The number of nitrogens with one attached hydrogen (secondary N) is 1. The minimum atomic E-state index is -0.393. The Hall–Kier alpha value is -3.48. The number of methoxy groups -OCH3 is 2. The topological polar surface area (TPSA) is 94.1 Å². The molecule has 33 heavy (non-hydrogen) atoms. The fourth-order valence-electron chi connectivity index (χ4n) is 4.69. The van der Waals surface area contributed by atoms with Crippen molar-refractivity contribution in [2.24, 2.45) is 0 Å². The van der Waals surface area contributed by atoms with Crippen LogP contribution in [0.4, 0.5) is 0 Å². The molecule has 1 aliphatic carbocycles. The van der Waals surface area contributed by atoms with E-state index in [1.54, 1.807) is 25.3 Å². The molecule has 174 valence electrons. The van der Waals surface area contributed by atoms with Crippen molar-refractivity contribution in [3.8, 4) is 23.0 Å². The van der Waals surface area contributed by atoms with Gasteiger partial charge in [-0.3, -0.25) is 9.59 Å². The highest BCUT2D eigenvalue weighted by atomic mass is 16.5. The molecular weight excluding hydrogens is 422 g/mol. The number of ether oxygens (including phenoxy) is 3. The van der Waals surface area contributed by atoms with E-state index in [1.807, 2.05) is 32.0 Å². The number of Topliss-reactive ketones (excluding diaryl/α,β-unsaturated/α-hetero) is 1. The molecule has 2 aliphatic rings. The van der Waals surface area contributed by atoms with E-state index in [1.165, 1.54) is 7.11 Å². The number of hydrogen-bond acceptors (Lipinski definition) is 6. The van der Waals surface area contributed by atoms with Crippen LogP contribution >= 0.6 is 0 Å².